The van der Waals surface area contributed by atoms with Crippen molar-refractivity contribution in [2.24, 2.45) is 0 Å². The number of ether oxygens (including phenoxy) is 1. The van der Waals surface area contributed by atoms with Crippen LogP contribution in [0.2, 0.25) is 0 Å². The van der Waals surface area contributed by atoms with Gasteiger partial charge < -0.3 is 11.7 Å². The molecule has 0 spiro atoms. The van der Waals surface area contributed by atoms with Crippen molar-refractivity contribution in [3.63, 3.8) is 0 Å². The first kappa shape index (κ1) is 19.2. The van der Waals surface area contributed by atoms with Gasteiger partial charge in [0.15, 0.2) is 5.78 Å². The molecule has 2 nitrogen and oxygen atoms in total. The first-order chi connectivity index (χ1) is 8.71. The van der Waals surface area contributed by atoms with Crippen LogP contribution in [-0.4, -0.2) is 24.4 Å². The zero-order valence-electron chi connectivity index (χ0n) is 11.1. The van der Waals surface area contributed by atoms with Crippen LogP contribution in [0.25, 0.3) is 0 Å². The molecule has 0 amide bonds. The van der Waals surface area contributed by atoms with Gasteiger partial charge in [-0.15, -0.1) is 35.7 Å². The van der Waals surface area contributed by atoms with Crippen LogP contribution in [0.4, 0.5) is 0 Å². The van der Waals surface area contributed by atoms with Crippen molar-refractivity contribution in [3.8, 4) is 5.75 Å². The molecule has 1 aromatic carbocycles. The van der Waals surface area contributed by atoms with Gasteiger partial charge in [-0.05, 0) is 18.6 Å². The second-order valence-corrected chi connectivity index (χ2v) is 5.67. The van der Waals surface area contributed by atoms with Gasteiger partial charge in [0.05, 0.1) is 0 Å². The Morgan fingerprint density at radius 2 is 2.32 bits per heavy atom. The number of hydrogen-bond acceptors (Lipinski definition) is 4. The summed E-state index contributed by atoms with van der Waals surface area (Å²) in [6.07, 6.45) is 3.64. The van der Waals surface area contributed by atoms with Gasteiger partial charge in [-0.1, -0.05) is 12.5 Å². The molecule has 0 aliphatic carbocycles. The van der Waals surface area contributed by atoms with E-state index in [1.165, 1.54) is 0 Å². The average Bonchev–Trinajstić information content (AvgIpc) is 2.39. The number of rotatable bonds is 7. The van der Waals surface area contributed by atoms with Crippen molar-refractivity contribution >= 4 is 29.3 Å². The van der Waals surface area contributed by atoms with Crippen molar-refractivity contribution in [1.82, 2.24) is 0 Å². The van der Waals surface area contributed by atoms with Crippen LogP contribution in [0.15, 0.2) is 28.5 Å². The summed E-state index contributed by atoms with van der Waals surface area (Å²) in [6.45, 7) is 5.99. The molecular formula is C14H16O2S2U. The maximum atomic E-state index is 12.1. The fourth-order valence-corrected chi connectivity index (χ4v) is 2.81. The van der Waals surface area contributed by atoms with E-state index < -0.39 is 0 Å². The molecule has 0 fully saturated rings. The van der Waals surface area contributed by atoms with Crippen LogP contribution in [0, 0.1) is 44.1 Å². The number of carbonyl (C=O) groups is 1. The summed E-state index contributed by atoms with van der Waals surface area (Å²) >= 11 is 3.25. The molecule has 1 aromatic rings. The van der Waals surface area contributed by atoms with E-state index in [1.807, 2.05) is 6.26 Å². The summed E-state index contributed by atoms with van der Waals surface area (Å²) < 4.78 is 6.25. The molecule has 0 aromatic heterocycles. The fraction of sp³-hybridized carbons (Fsp3) is 0.286. The SMILES string of the molecule is [CH2-]COc1[c-]ccc(C(=O)/C=C(\SC)SCC)c1.[U+2]. The molecular weight excluding hydrogens is 502 g/mol. The molecule has 0 saturated carbocycles. The van der Waals surface area contributed by atoms with Gasteiger partial charge in [0.2, 0.25) is 0 Å². The van der Waals surface area contributed by atoms with Crippen LogP contribution in [0.1, 0.15) is 17.3 Å². The van der Waals surface area contributed by atoms with Crippen LogP contribution < -0.4 is 4.74 Å². The number of allylic oxidation sites excluding steroid dienone is 1. The minimum atomic E-state index is -0.0109. The van der Waals surface area contributed by atoms with E-state index in [9.17, 15) is 4.79 Å². The van der Waals surface area contributed by atoms with E-state index in [0.29, 0.717) is 17.9 Å². The average molecular weight is 518 g/mol. The van der Waals surface area contributed by atoms with Crippen LogP contribution in [-0.2, 0) is 0 Å². The Hall–Kier alpha value is 0.182. The van der Waals surface area contributed by atoms with E-state index in [0.717, 1.165) is 9.99 Å². The molecule has 0 saturated heterocycles. The quantitative estimate of drug-likeness (QED) is 0.312. The normalized spacial score (nSPS) is 10.8. The van der Waals surface area contributed by atoms with Gasteiger partial charge in [0.25, 0.3) is 0 Å². The first-order valence-corrected chi connectivity index (χ1v) is 7.78. The van der Waals surface area contributed by atoms with Gasteiger partial charge in [-0.2, -0.15) is 12.1 Å². The van der Waals surface area contributed by atoms with E-state index in [2.05, 4.69) is 19.9 Å². The zero-order chi connectivity index (χ0) is 13.4. The number of carbonyl (C=O) groups excluding carboxylic acids is 1. The molecule has 0 atom stereocenters. The largest absolute Gasteiger partial charge is 2.00 e. The Labute approximate surface area is 147 Å². The smallest absolute Gasteiger partial charge is 0.551 e. The molecule has 0 bridgehead atoms. The molecule has 0 unspecified atom stereocenters. The number of benzene rings is 1. The molecule has 0 radical (unpaired) electrons. The standard InChI is InChI=1S/C14H16O2S2.U/c1-4-16-12-8-6-7-11(9-12)13(15)10-14(17-3)18-5-2;/h6-7,9-10H,1,4-5H2,2-3H3;/q-2;+2/b14-10+;. The summed E-state index contributed by atoms with van der Waals surface area (Å²) in [5.74, 6) is 1.50. The van der Waals surface area contributed by atoms with E-state index >= 15 is 0 Å². The summed E-state index contributed by atoms with van der Waals surface area (Å²) in [6, 6.07) is 8.04. The zero-order valence-corrected chi connectivity index (χ0v) is 16.9. The summed E-state index contributed by atoms with van der Waals surface area (Å²) in [4.78, 5) is 12.1. The maximum absolute atomic E-state index is 12.1. The second-order valence-electron chi connectivity index (χ2n) is 3.25. The Bertz CT molecular complexity index is 433. The van der Waals surface area contributed by atoms with Gasteiger partial charge in [0.1, 0.15) is 0 Å². The van der Waals surface area contributed by atoms with Crippen molar-refractivity contribution in [2.45, 2.75) is 6.92 Å². The van der Waals surface area contributed by atoms with E-state index in [4.69, 9.17) is 4.74 Å². The Kier molecular flexibility index (Phi) is 11.0. The first-order valence-electron chi connectivity index (χ1n) is 5.57. The topological polar surface area (TPSA) is 26.3 Å². The number of thioether (sulfide) groups is 2. The fourth-order valence-electron chi connectivity index (χ4n) is 1.28. The number of ketones is 1. The Morgan fingerprint density at radius 3 is 2.89 bits per heavy atom. The molecule has 0 N–H and O–H groups in total. The van der Waals surface area contributed by atoms with Crippen LogP contribution in [0.5, 0.6) is 5.75 Å². The Balaban J connectivity index is 0.00000324. The van der Waals surface area contributed by atoms with Crippen LogP contribution >= 0.6 is 23.5 Å². The summed E-state index contributed by atoms with van der Waals surface area (Å²) in [7, 11) is 0. The number of hydrogen-bond donors (Lipinski definition) is 0. The van der Waals surface area contributed by atoms with Crippen molar-refractivity contribution in [2.75, 3.05) is 18.6 Å². The predicted octanol–water partition coefficient (Wildman–Crippen LogP) is 3.84. The van der Waals surface area contributed by atoms with Gasteiger partial charge in [0, 0.05) is 16.1 Å². The third-order valence-corrected chi connectivity index (χ3v) is 4.12. The van der Waals surface area contributed by atoms with Gasteiger partial charge >= 0.3 is 31.1 Å². The molecule has 5 heteroatoms. The van der Waals surface area contributed by atoms with Gasteiger partial charge in [-0.3, -0.25) is 4.79 Å². The van der Waals surface area contributed by atoms with Crippen molar-refractivity contribution < 1.29 is 40.6 Å². The van der Waals surface area contributed by atoms with Crippen LogP contribution in [0.3, 0.4) is 0 Å². The molecule has 1 rings (SSSR count). The second kappa shape index (κ2) is 10.9. The van der Waals surface area contributed by atoms with E-state index in [-0.39, 0.29) is 36.9 Å². The minimum absolute atomic E-state index is 0. The summed E-state index contributed by atoms with van der Waals surface area (Å²) in [5, 5.41) is 0. The summed E-state index contributed by atoms with van der Waals surface area (Å²) in [5.41, 5.74) is 0.612. The van der Waals surface area contributed by atoms with Crippen molar-refractivity contribution in [1.29, 1.82) is 0 Å². The third kappa shape index (κ3) is 6.95. The van der Waals surface area contributed by atoms with E-state index in [1.54, 1.807) is 47.8 Å². The molecule has 19 heavy (non-hydrogen) atoms. The maximum Gasteiger partial charge on any atom is 2.00 e. The third-order valence-electron chi connectivity index (χ3n) is 2.05. The molecule has 0 aliphatic heterocycles. The monoisotopic (exact) mass is 518 g/mol. The Morgan fingerprint density at radius 1 is 1.58 bits per heavy atom. The molecule has 0 aliphatic rings. The van der Waals surface area contributed by atoms with Gasteiger partial charge in [-0.25, -0.2) is 0 Å². The minimum Gasteiger partial charge on any atom is -0.551 e. The predicted molar refractivity (Wildman–Crippen MR) is 80.2 cm³/mol. The molecule has 100 valence electrons. The van der Waals surface area contributed by atoms with Crippen molar-refractivity contribution in [3.05, 3.63) is 47.1 Å². The molecule has 0 heterocycles.